The molecule has 1 heterocycles. The number of nitrogens with one attached hydrogen (secondary N) is 2. The summed E-state index contributed by atoms with van der Waals surface area (Å²) in [6.45, 7) is 3.15. The predicted molar refractivity (Wildman–Crippen MR) is 131 cm³/mol. The van der Waals surface area contributed by atoms with Crippen LogP contribution in [-0.4, -0.2) is 57.6 Å². The van der Waals surface area contributed by atoms with Gasteiger partial charge in [0.25, 0.3) is 0 Å². The van der Waals surface area contributed by atoms with Crippen LogP contribution in [-0.2, 0) is 16.4 Å². The van der Waals surface area contributed by atoms with Crippen LogP contribution in [0.1, 0.15) is 18.9 Å². The normalized spacial score (nSPS) is 11.5. The lowest BCUT2D eigenvalue weighted by Gasteiger charge is -2.14. The van der Waals surface area contributed by atoms with Gasteiger partial charge in [0.05, 0.1) is 17.7 Å². The summed E-state index contributed by atoms with van der Waals surface area (Å²) in [5.41, 5.74) is 3.17. The summed E-state index contributed by atoms with van der Waals surface area (Å²) in [6.07, 6.45) is 3.01. The van der Waals surface area contributed by atoms with E-state index in [1.807, 2.05) is 62.3 Å². The van der Waals surface area contributed by atoms with Gasteiger partial charge in [0.1, 0.15) is 5.75 Å². The van der Waals surface area contributed by atoms with E-state index in [4.69, 9.17) is 4.74 Å². The molecule has 0 atom stereocenters. The van der Waals surface area contributed by atoms with Crippen LogP contribution in [0.4, 0.5) is 11.6 Å². The number of ether oxygens (including phenoxy) is 1. The first-order valence-corrected chi connectivity index (χ1v) is 12.3. The van der Waals surface area contributed by atoms with E-state index < -0.39 is 10.0 Å². The van der Waals surface area contributed by atoms with Crippen LogP contribution in [0.15, 0.2) is 59.6 Å². The smallest absolute Gasteiger partial charge is 0.240 e. The van der Waals surface area contributed by atoms with Gasteiger partial charge in [-0.15, -0.1) is 0 Å². The Balaban J connectivity index is 1.75. The molecule has 9 heteroatoms. The Morgan fingerprint density at radius 2 is 1.82 bits per heavy atom. The lowest BCUT2D eigenvalue weighted by molar-refractivity contribution is 0.400. The molecule has 8 nitrogen and oxygen atoms in total. The summed E-state index contributed by atoms with van der Waals surface area (Å²) in [5.74, 6) is 1.21. The van der Waals surface area contributed by atoms with Crippen LogP contribution in [0.3, 0.4) is 0 Å². The van der Waals surface area contributed by atoms with Crippen LogP contribution in [0.2, 0.25) is 0 Å². The highest BCUT2D eigenvalue weighted by molar-refractivity contribution is 7.89. The third kappa shape index (κ3) is 6.74. The number of aromatic nitrogens is 2. The molecule has 1 aromatic heterocycles. The molecule has 2 aromatic carbocycles. The number of hydrogen-bond donors (Lipinski definition) is 2. The fourth-order valence-corrected chi connectivity index (χ4v) is 4.71. The molecule has 176 valence electrons. The highest BCUT2D eigenvalue weighted by Gasteiger charge is 2.18. The van der Waals surface area contributed by atoms with Crippen molar-refractivity contribution in [2.75, 3.05) is 39.6 Å². The molecule has 0 aliphatic heterocycles. The van der Waals surface area contributed by atoms with E-state index in [0.29, 0.717) is 23.8 Å². The summed E-state index contributed by atoms with van der Waals surface area (Å²) < 4.78 is 33.5. The Morgan fingerprint density at radius 3 is 2.48 bits per heavy atom. The van der Waals surface area contributed by atoms with E-state index in [1.54, 1.807) is 25.4 Å². The zero-order valence-corrected chi connectivity index (χ0v) is 20.3. The van der Waals surface area contributed by atoms with Gasteiger partial charge in [-0.3, -0.25) is 0 Å². The Labute approximate surface area is 196 Å². The summed E-state index contributed by atoms with van der Waals surface area (Å²) in [7, 11) is 1.98. The van der Waals surface area contributed by atoms with Gasteiger partial charge < -0.3 is 15.0 Å². The van der Waals surface area contributed by atoms with Gasteiger partial charge in [0.2, 0.25) is 16.0 Å². The maximum Gasteiger partial charge on any atom is 0.240 e. The molecule has 3 aromatic rings. The van der Waals surface area contributed by atoms with Crippen molar-refractivity contribution in [2.45, 2.75) is 24.7 Å². The molecule has 0 saturated carbocycles. The van der Waals surface area contributed by atoms with Gasteiger partial charge in [-0.2, -0.15) is 0 Å². The monoisotopic (exact) mass is 469 g/mol. The maximum absolute atomic E-state index is 12.8. The van der Waals surface area contributed by atoms with E-state index in [1.165, 1.54) is 0 Å². The Kier molecular flexibility index (Phi) is 8.37. The Bertz CT molecular complexity index is 1160. The van der Waals surface area contributed by atoms with E-state index in [2.05, 4.69) is 20.0 Å². The maximum atomic E-state index is 12.8. The second-order valence-corrected chi connectivity index (χ2v) is 9.59. The standard InChI is InChI=1S/C24H31N5O3S/c1-5-18-17-20(9-12-23(18)33(30,31)26-14-6-16-29(2)3)27-24-25-15-13-22(28-24)19-7-10-21(32-4)11-8-19/h7-13,15,17,26H,5-6,14,16H2,1-4H3,(H,25,27,28). The highest BCUT2D eigenvalue weighted by atomic mass is 32.2. The third-order valence-electron chi connectivity index (χ3n) is 5.10. The van der Waals surface area contributed by atoms with Crippen LogP contribution >= 0.6 is 0 Å². The summed E-state index contributed by atoms with van der Waals surface area (Å²) in [4.78, 5) is 11.2. The topological polar surface area (TPSA) is 96.5 Å². The minimum Gasteiger partial charge on any atom is -0.497 e. The van der Waals surface area contributed by atoms with E-state index >= 15 is 0 Å². The number of sulfonamides is 1. The van der Waals surface area contributed by atoms with E-state index in [9.17, 15) is 8.42 Å². The number of aryl methyl sites for hydroxylation is 1. The molecule has 0 saturated heterocycles. The van der Waals surface area contributed by atoms with Crippen LogP contribution in [0, 0.1) is 0 Å². The molecule has 0 aliphatic rings. The lowest BCUT2D eigenvalue weighted by Crippen LogP contribution is -2.28. The fourth-order valence-electron chi connectivity index (χ4n) is 3.35. The molecule has 3 rings (SSSR count). The average molecular weight is 470 g/mol. The number of nitrogens with zero attached hydrogens (tertiary/aromatic N) is 3. The molecule has 0 radical (unpaired) electrons. The number of anilines is 2. The van der Waals surface area contributed by atoms with Crippen LogP contribution in [0.25, 0.3) is 11.3 Å². The van der Waals surface area contributed by atoms with Gasteiger partial charge in [-0.25, -0.2) is 23.1 Å². The van der Waals surface area contributed by atoms with Gasteiger partial charge in [0, 0.05) is 24.0 Å². The van der Waals surface area contributed by atoms with Crippen molar-refractivity contribution >= 4 is 21.7 Å². The molecular weight excluding hydrogens is 438 g/mol. The van der Waals surface area contributed by atoms with Crippen molar-refractivity contribution < 1.29 is 13.2 Å². The first-order valence-electron chi connectivity index (χ1n) is 10.8. The Morgan fingerprint density at radius 1 is 1.06 bits per heavy atom. The first-order chi connectivity index (χ1) is 15.8. The van der Waals surface area contributed by atoms with Gasteiger partial charge in [-0.05, 0) is 87.6 Å². The molecule has 33 heavy (non-hydrogen) atoms. The quantitative estimate of drug-likeness (QED) is 0.414. The zero-order valence-electron chi connectivity index (χ0n) is 19.5. The summed E-state index contributed by atoms with van der Waals surface area (Å²) in [6, 6.07) is 14.7. The zero-order chi connectivity index (χ0) is 23.8. The largest absolute Gasteiger partial charge is 0.497 e. The SMILES string of the molecule is CCc1cc(Nc2nccc(-c3ccc(OC)cc3)n2)ccc1S(=O)(=O)NCCCN(C)C. The minimum atomic E-state index is -3.58. The van der Waals surface area contributed by atoms with Crippen molar-refractivity contribution in [2.24, 2.45) is 0 Å². The second-order valence-electron chi connectivity index (χ2n) is 7.85. The van der Waals surface area contributed by atoms with Crippen molar-refractivity contribution in [3.8, 4) is 17.0 Å². The summed E-state index contributed by atoms with van der Waals surface area (Å²) >= 11 is 0. The van der Waals surface area contributed by atoms with Gasteiger partial charge in [-0.1, -0.05) is 6.92 Å². The Hall–Kier alpha value is -3.01. The molecule has 0 unspecified atom stereocenters. The molecule has 0 aliphatic carbocycles. The predicted octanol–water partition coefficient (Wildman–Crippen LogP) is 3.69. The van der Waals surface area contributed by atoms with Crippen molar-refractivity contribution in [3.63, 3.8) is 0 Å². The highest BCUT2D eigenvalue weighted by Crippen LogP contribution is 2.25. The number of benzene rings is 2. The van der Waals surface area contributed by atoms with Gasteiger partial charge in [0.15, 0.2) is 0 Å². The molecule has 0 amide bonds. The average Bonchev–Trinajstić information content (AvgIpc) is 2.82. The van der Waals surface area contributed by atoms with Crippen molar-refractivity contribution in [1.82, 2.24) is 19.6 Å². The number of rotatable bonds is 11. The minimum absolute atomic E-state index is 0.299. The van der Waals surface area contributed by atoms with Crippen LogP contribution in [0.5, 0.6) is 5.75 Å². The lowest BCUT2D eigenvalue weighted by atomic mass is 10.1. The molecular formula is C24H31N5O3S. The van der Waals surface area contributed by atoms with E-state index in [-0.39, 0.29) is 0 Å². The number of hydrogen-bond acceptors (Lipinski definition) is 7. The van der Waals surface area contributed by atoms with E-state index in [0.717, 1.165) is 41.2 Å². The van der Waals surface area contributed by atoms with Crippen LogP contribution < -0.4 is 14.8 Å². The molecule has 0 spiro atoms. The first kappa shape index (κ1) is 24.6. The molecule has 0 bridgehead atoms. The molecule has 0 fully saturated rings. The second kappa shape index (κ2) is 11.2. The fraction of sp³-hybridized carbons (Fsp3) is 0.333. The van der Waals surface area contributed by atoms with Crippen molar-refractivity contribution in [1.29, 1.82) is 0 Å². The van der Waals surface area contributed by atoms with Crippen molar-refractivity contribution in [3.05, 3.63) is 60.3 Å². The third-order valence-corrected chi connectivity index (χ3v) is 6.66. The molecule has 2 N–H and O–H groups in total. The number of methoxy groups -OCH3 is 1. The van der Waals surface area contributed by atoms with Gasteiger partial charge >= 0.3 is 0 Å². The summed E-state index contributed by atoms with van der Waals surface area (Å²) in [5, 5.41) is 3.19.